The lowest BCUT2D eigenvalue weighted by atomic mass is 10.1. The molecule has 3 heteroatoms. The molecule has 0 aromatic rings. The largest absolute Gasteiger partial charge is 0.345 e. The molecule has 88 valence electrons. The van der Waals surface area contributed by atoms with Gasteiger partial charge in [-0.05, 0) is 25.2 Å². The van der Waals surface area contributed by atoms with E-state index in [0.29, 0.717) is 6.42 Å². The van der Waals surface area contributed by atoms with Crippen molar-refractivity contribution in [3.05, 3.63) is 0 Å². The Morgan fingerprint density at radius 3 is 2.60 bits per heavy atom. The van der Waals surface area contributed by atoms with E-state index in [0.717, 1.165) is 18.9 Å². The molecule has 1 aliphatic rings. The zero-order chi connectivity index (χ0) is 11.3. The van der Waals surface area contributed by atoms with Crippen LogP contribution in [0.1, 0.15) is 45.4 Å². The number of hydrogen-bond donors (Lipinski definition) is 1. The Morgan fingerprint density at radius 1 is 1.47 bits per heavy atom. The van der Waals surface area contributed by atoms with Crippen LogP contribution in [0.25, 0.3) is 0 Å². The molecule has 2 N–H and O–H groups in total. The molecule has 1 amide bonds. The molecule has 1 fully saturated rings. The van der Waals surface area contributed by atoms with Crippen LogP contribution in [-0.4, -0.2) is 30.4 Å². The molecular formula is C12H24N2O. The molecular weight excluding hydrogens is 188 g/mol. The third-order valence-electron chi connectivity index (χ3n) is 3.39. The normalized spacial score (nSPS) is 19.1. The average molecular weight is 212 g/mol. The number of amides is 1. The summed E-state index contributed by atoms with van der Waals surface area (Å²) in [7, 11) is 1.91. The first-order chi connectivity index (χ1) is 7.13. The Bertz CT molecular complexity index is 200. The van der Waals surface area contributed by atoms with Gasteiger partial charge in [-0.1, -0.05) is 19.8 Å². The van der Waals surface area contributed by atoms with Crippen molar-refractivity contribution in [1.29, 1.82) is 0 Å². The number of rotatable bonds is 5. The molecule has 15 heavy (non-hydrogen) atoms. The summed E-state index contributed by atoms with van der Waals surface area (Å²) in [6, 6.07) is 0.0310. The van der Waals surface area contributed by atoms with Gasteiger partial charge in [0.05, 0.1) is 0 Å². The van der Waals surface area contributed by atoms with E-state index >= 15 is 0 Å². The van der Waals surface area contributed by atoms with Gasteiger partial charge in [0.25, 0.3) is 0 Å². The van der Waals surface area contributed by atoms with Gasteiger partial charge in [-0.15, -0.1) is 0 Å². The second kappa shape index (κ2) is 6.11. The summed E-state index contributed by atoms with van der Waals surface area (Å²) in [5.41, 5.74) is 5.77. The fourth-order valence-corrected chi connectivity index (χ4v) is 2.21. The molecule has 1 saturated carbocycles. The zero-order valence-corrected chi connectivity index (χ0v) is 10.0. The van der Waals surface area contributed by atoms with Crippen LogP contribution in [0.4, 0.5) is 0 Å². The van der Waals surface area contributed by atoms with Gasteiger partial charge in [0, 0.05) is 26.1 Å². The van der Waals surface area contributed by atoms with E-state index in [4.69, 9.17) is 5.73 Å². The number of nitrogens with zero attached hydrogens (tertiary/aromatic N) is 1. The highest BCUT2D eigenvalue weighted by molar-refractivity contribution is 5.76. The second-order valence-electron chi connectivity index (χ2n) is 4.80. The van der Waals surface area contributed by atoms with Crippen LogP contribution < -0.4 is 5.73 Å². The first-order valence-electron chi connectivity index (χ1n) is 6.13. The molecule has 0 radical (unpaired) electrons. The number of carbonyl (C=O) groups is 1. The molecule has 0 bridgehead atoms. The molecule has 1 aliphatic carbocycles. The summed E-state index contributed by atoms with van der Waals surface area (Å²) in [5, 5.41) is 0. The highest BCUT2D eigenvalue weighted by Gasteiger charge is 2.20. The van der Waals surface area contributed by atoms with Gasteiger partial charge in [-0.2, -0.15) is 0 Å². The molecule has 0 heterocycles. The van der Waals surface area contributed by atoms with E-state index < -0.39 is 0 Å². The molecule has 1 unspecified atom stereocenters. The molecule has 0 saturated heterocycles. The maximum atomic E-state index is 11.7. The van der Waals surface area contributed by atoms with Crippen molar-refractivity contribution in [2.24, 2.45) is 11.7 Å². The second-order valence-corrected chi connectivity index (χ2v) is 4.80. The molecule has 0 spiro atoms. The van der Waals surface area contributed by atoms with E-state index in [-0.39, 0.29) is 11.9 Å². The topological polar surface area (TPSA) is 46.3 Å². The minimum absolute atomic E-state index is 0.0310. The SMILES string of the molecule is CCC(N)CC(=O)N(C)CC1CCCC1. The van der Waals surface area contributed by atoms with Gasteiger partial charge in [0.2, 0.25) is 5.91 Å². The van der Waals surface area contributed by atoms with Gasteiger partial charge in [0.1, 0.15) is 0 Å². The van der Waals surface area contributed by atoms with Gasteiger partial charge in [0.15, 0.2) is 0 Å². The Hall–Kier alpha value is -0.570. The number of carbonyl (C=O) groups excluding carboxylic acids is 1. The quantitative estimate of drug-likeness (QED) is 0.755. The minimum Gasteiger partial charge on any atom is -0.345 e. The maximum Gasteiger partial charge on any atom is 0.223 e. The predicted molar refractivity (Wildman–Crippen MR) is 62.5 cm³/mol. The lowest BCUT2D eigenvalue weighted by Gasteiger charge is -2.22. The predicted octanol–water partition coefficient (Wildman–Crippen LogP) is 1.76. The molecule has 1 rings (SSSR count). The van der Waals surface area contributed by atoms with Crippen molar-refractivity contribution >= 4 is 5.91 Å². The Morgan fingerprint density at radius 2 is 2.07 bits per heavy atom. The molecule has 1 atom stereocenters. The van der Waals surface area contributed by atoms with Gasteiger partial charge in [-0.3, -0.25) is 4.79 Å². The molecule has 0 aliphatic heterocycles. The standard InChI is InChI=1S/C12H24N2O/c1-3-11(13)8-12(15)14(2)9-10-6-4-5-7-10/h10-11H,3-9,13H2,1-2H3. The van der Waals surface area contributed by atoms with Crippen LogP contribution in [0.2, 0.25) is 0 Å². The highest BCUT2D eigenvalue weighted by Crippen LogP contribution is 2.25. The van der Waals surface area contributed by atoms with E-state index in [1.165, 1.54) is 25.7 Å². The third kappa shape index (κ3) is 4.20. The van der Waals surface area contributed by atoms with Crippen LogP contribution in [-0.2, 0) is 4.79 Å². The third-order valence-corrected chi connectivity index (χ3v) is 3.39. The monoisotopic (exact) mass is 212 g/mol. The van der Waals surface area contributed by atoms with Crippen LogP contribution in [0, 0.1) is 5.92 Å². The van der Waals surface area contributed by atoms with Crippen molar-refractivity contribution in [2.45, 2.75) is 51.5 Å². The lowest BCUT2D eigenvalue weighted by Crippen LogP contribution is -2.35. The summed E-state index contributed by atoms with van der Waals surface area (Å²) in [6.45, 7) is 2.95. The van der Waals surface area contributed by atoms with E-state index in [1.54, 1.807) is 0 Å². The van der Waals surface area contributed by atoms with Gasteiger partial charge < -0.3 is 10.6 Å². The summed E-state index contributed by atoms with van der Waals surface area (Å²) in [5.74, 6) is 0.938. The Balaban J connectivity index is 2.25. The van der Waals surface area contributed by atoms with Crippen molar-refractivity contribution in [2.75, 3.05) is 13.6 Å². The van der Waals surface area contributed by atoms with Crippen molar-refractivity contribution < 1.29 is 4.79 Å². The van der Waals surface area contributed by atoms with Crippen molar-refractivity contribution in [1.82, 2.24) is 4.90 Å². The van der Waals surface area contributed by atoms with Crippen molar-refractivity contribution in [3.63, 3.8) is 0 Å². The van der Waals surface area contributed by atoms with Crippen LogP contribution in [0.5, 0.6) is 0 Å². The van der Waals surface area contributed by atoms with Crippen LogP contribution in [0.15, 0.2) is 0 Å². The number of nitrogens with two attached hydrogens (primary N) is 1. The Labute approximate surface area is 93.0 Å². The molecule has 0 aromatic heterocycles. The van der Waals surface area contributed by atoms with Crippen molar-refractivity contribution in [3.8, 4) is 0 Å². The summed E-state index contributed by atoms with van der Waals surface area (Å²) >= 11 is 0. The van der Waals surface area contributed by atoms with Crippen LogP contribution in [0.3, 0.4) is 0 Å². The lowest BCUT2D eigenvalue weighted by molar-refractivity contribution is -0.130. The summed E-state index contributed by atoms with van der Waals surface area (Å²) in [4.78, 5) is 13.6. The first-order valence-corrected chi connectivity index (χ1v) is 6.13. The van der Waals surface area contributed by atoms with E-state index in [9.17, 15) is 4.79 Å². The first kappa shape index (κ1) is 12.5. The van der Waals surface area contributed by atoms with E-state index in [1.807, 2.05) is 18.9 Å². The number of hydrogen-bond acceptors (Lipinski definition) is 2. The zero-order valence-electron chi connectivity index (χ0n) is 10.0. The molecule has 3 nitrogen and oxygen atoms in total. The maximum absolute atomic E-state index is 11.7. The van der Waals surface area contributed by atoms with Gasteiger partial charge in [-0.25, -0.2) is 0 Å². The fraction of sp³-hybridized carbons (Fsp3) is 0.917. The Kier molecular flexibility index (Phi) is 5.09. The average Bonchev–Trinajstić information content (AvgIpc) is 2.70. The highest BCUT2D eigenvalue weighted by atomic mass is 16.2. The molecule has 0 aromatic carbocycles. The summed E-state index contributed by atoms with van der Waals surface area (Å²) in [6.07, 6.45) is 6.62. The van der Waals surface area contributed by atoms with Crippen LogP contribution >= 0.6 is 0 Å². The minimum atomic E-state index is 0.0310. The smallest absolute Gasteiger partial charge is 0.223 e. The van der Waals surface area contributed by atoms with Gasteiger partial charge >= 0.3 is 0 Å². The van der Waals surface area contributed by atoms with E-state index in [2.05, 4.69) is 0 Å². The fourth-order valence-electron chi connectivity index (χ4n) is 2.21. The summed E-state index contributed by atoms with van der Waals surface area (Å²) < 4.78 is 0.